The van der Waals surface area contributed by atoms with Gasteiger partial charge in [-0.25, -0.2) is 9.59 Å². The van der Waals surface area contributed by atoms with Crippen molar-refractivity contribution >= 4 is 44.3 Å². The Balaban J connectivity index is 2.22. The van der Waals surface area contributed by atoms with Crippen LogP contribution in [0.15, 0.2) is 70.8 Å². The molecule has 7 heteroatoms. The fourth-order valence-electron chi connectivity index (χ4n) is 2.97. The van der Waals surface area contributed by atoms with Gasteiger partial charge in [-0.1, -0.05) is 42.5 Å². The van der Waals surface area contributed by atoms with Crippen LogP contribution in [0.2, 0.25) is 0 Å². The molecule has 3 aromatic carbocycles. The number of carbonyl (C=O) groups is 2. The van der Waals surface area contributed by atoms with Crippen LogP contribution in [-0.4, -0.2) is 31.3 Å². The third-order valence-electron chi connectivity index (χ3n) is 4.32. The number of rotatable bonds is 5. The Labute approximate surface area is 175 Å². The number of esters is 2. The Kier molecular flexibility index (Phi) is 6.19. The second-order valence-electron chi connectivity index (χ2n) is 6.04. The van der Waals surface area contributed by atoms with Gasteiger partial charge < -0.3 is 19.9 Å². The molecule has 3 aromatic rings. The molecule has 0 bridgehead atoms. The highest BCUT2D eigenvalue weighted by molar-refractivity contribution is 9.10. The minimum absolute atomic E-state index is 0.0846. The molecule has 0 saturated carbocycles. The number of halogens is 1. The maximum atomic E-state index is 12.2. The normalized spacial score (nSPS) is 11.2. The Morgan fingerprint density at radius 2 is 1.76 bits per heavy atom. The molecule has 0 aliphatic rings. The SMILES string of the molecule is COC(=O)/C=C(/Nc1c(Br)cccc1-c1c(O)ccc2ccccc12)C(=O)OC. The molecule has 0 atom stereocenters. The number of aromatic hydroxyl groups is 1. The summed E-state index contributed by atoms with van der Waals surface area (Å²) >= 11 is 3.48. The first-order valence-corrected chi connectivity index (χ1v) is 9.40. The van der Waals surface area contributed by atoms with Crippen LogP contribution in [0.4, 0.5) is 5.69 Å². The third kappa shape index (κ3) is 4.25. The lowest BCUT2D eigenvalue weighted by atomic mass is 9.96. The van der Waals surface area contributed by atoms with Gasteiger partial charge in [-0.05, 0) is 38.8 Å². The van der Waals surface area contributed by atoms with E-state index in [-0.39, 0.29) is 11.4 Å². The number of fused-ring (bicyclic) bond motifs is 1. The van der Waals surface area contributed by atoms with Crippen molar-refractivity contribution in [2.24, 2.45) is 0 Å². The number of phenolic OH excluding ortho intramolecular Hbond substituents is 1. The fourth-order valence-corrected chi connectivity index (χ4v) is 3.44. The summed E-state index contributed by atoms with van der Waals surface area (Å²) in [6.45, 7) is 0. The summed E-state index contributed by atoms with van der Waals surface area (Å²) in [5.74, 6) is -1.36. The first-order chi connectivity index (χ1) is 14.0. The Hall–Kier alpha value is -3.32. The zero-order valence-corrected chi connectivity index (χ0v) is 17.3. The quantitative estimate of drug-likeness (QED) is 0.431. The number of anilines is 1. The largest absolute Gasteiger partial charge is 0.507 e. The molecule has 148 valence electrons. The molecule has 0 aliphatic carbocycles. The van der Waals surface area contributed by atoms with Gasteiger partial charge in [0.15, 0.2) is 0 Å². The molecule has 0 aliphatic heterocycles. The van der Waals surface area contributed by atoms with E-state index < -0.39 is 11.9 Å². The van der Waals surface area contributed by atoms with E-state index in [1.165, 1.54) is 14.2 Å². The van der Waals surface area contributed by atoms with Crippen molar-refractivity contribution in [1.29, 1.82) is 0 Å². The summed E-state index contributed by atoms with van der Waals surface area (Å²) in [6.07, 6.45) is 1.01. The van der Waals surface area contributed by atoms with E-state index in [1.807, 2.05) is 42.5 Å². The number of carbonyl (C=O) groups excluding carboxylic acids is 2. The van der Waals surface area contributed by atoms with Crippen LogP contribution < -0.4 is 5.32 Å². The number of nitrogens with one attached hydrogen (secondary N) is 1. The van der Waals surface area contributed by atoms with Gasteiger partial charge in [-0.2, -0.15) is 0 Å². The molecule has 0 unspecified atom stereocenters. The van der Waals surface area contributed by atoms with E-state index >= 15 is 0 Å². The van der Waals surface area contributed by atoms with Crippen molar-refractivity contribution in [3.63, 3.8) is 0 Å². The van der Waals surface area contributed by atoms with E-state index in [0.29, 0.717) is 21.3 Å². The van der Waals surface area contributed by atoms with Gasteiger partial charge in [0.1, 0.15) is 11.4 Å². The third-order valence-corrected chi connectivity index (χ3v) is 4.98. The number of hydrogen-bond acceptors (Lipinski definition) is 6. The molecule has 0 fully saturated rings. The maximum Gasteiger partial charge on any atom is 0.354 e. The number of para-hydroxylation sites is 1. The van der Waals surface area contributed by atoms with Crippen molar-refractivity contribution in [2.75, 3.05) is 19.5 Å². The van der Waals surface area contributed by atoms with Gasteiger partial charge in [0.05, 0.1) is 26.0 Å². The van der Waals surface area contributed by atoms with Gasteiger partial charge in [0.25, 0.3) is 0 Å². The average Bonchev–Trinajstić information content (AvgIpc) is 2.74. The molecule has 29 heavy (non-hydrogen) atoms. The predicted octanol–water partition coefficient (Wildman–Crippen LogP) is 4.62. The minimum Gasteiger partial charge on any atom is -0.507 e. The highest BCUT2D eigenvalue weighted by Crippen LogP contribution is 2.43. The summed E-state index contributed by atoms with van der Waals surface area (Å²) in [7, 11) is 2.43. The van der Waals surface area contributed by atoms with E-state index in [0.717, 1.165) is 16.8 Å². The lowest BCUT2D eigenvalue weighted by molar-refractivity contribution is -0.138. The van der Waals surface area contributed by atoms with E-state index in [1.54, 1.807) is 12.1 Å². The first-order valence-electron chi connectivity index (χ1n) is 8.60. The van der Waals surface area contributed by atoms with Crippen molar-refractivity contribution in [3.8, 4) is 16.9 Å². The maximum absolute atomic E-state index is 12.2. The lowest BCUT2D eigenvalue weighted by Crippen LogP contribution is -2.16. The average molecular weight is 456 g/mol. The van der Waals surface area contributed by atoms with Crippen molar-refractivity contribution in [3.05, 3.63) is 70.8 Å². The molecule has 0 aromatic heterocycles. The summed E-state index contributed by atoms with van der Waals surface area (Å²) in [4.78, 5) is 23.9. The lowest BCUT2D eigenvalue weighted by Gasteiger charge is -2.17. The molecule has 2 N–H and O–H groups in total. The number of methoxy groups -OCH3 is 2. The minimum atomic E-state index is -0.737. The van der Waals surface area contributed by atoms with E-state index in [9.17, 15) is 14.7 Å². The molecule has 6 nitrogen and oxygen atoms in total. The number of benzene rings is 3. The number of ether oxygens (including phenoxy) is 2. The van der Waals surface area contributed by atoms with Gasteiger partial charge in [0.2, 0.25) is 0 Å². The molecule has 0 radical (unpaired) electrons. The Morgan fingerprint density at radius 1 is 1.00 bits per heavy atom. The molecule has 3 rings (SSSR count). The highest BCUT2D eigenvalue weighted by atomic mass is 79.9. The van der Waals surface area contributed by atoms with Crippen molar-refractivity contribution in [2.45, 2.75) is 0 Å². The van der Waals surface area contributed by atoms with Crippen LogP contribution >= 0.6 is 15.9 Å². The molecule has 0 saturated heterocycles. The highest BCUT2D eigenvalue weighted by Gasteiger charge is 2.19. The second-order valence-corrected chi connectivity index (χ2v) is 6.90. The zero-order valence-electron chi connectivity index (χ0n) is 15.7. The van der Waals surface area contributed by atoms with Gasteiger partial charge in [0, 0.05) is 15.6 Å². The molecule has 0 amide bonds. The first kappa shape index (κ1) is 20.4. The monoisotopic (exact) mass is 455 g/mol. The van der Waals surface area contributed by atoms with Crippen LogP contribution in [0.3, 0.4) is 0 Å². The summed E-state index contributed by atoms with van der Waals surface area (Å²) in [5, 5.41) is 15.4. The molecule has 0 spiro atoms. The van der Waals surface area contributed by atoms with Crippen LogP contribution in [0.1, 0.15) is 0 Å². The molecular formula is C22H18BrNO5. The molecular weight excluding hydrogens is 438 g/mol. The smallest absolute Gasteiger partial charge is 0.354 e. The fraction of sp³-hybridized carbons (Fsp3) is 0.0909. The Morgan fingerprint density at radius 3 is 2.48 bits per heavy atom. The Bertz CT molecular complexity index is 1120. The number of phenols is 1. The standard InChI is InChI=1S/C22H18BrNO5/c1-28-19(26)12-17(22(27)29-2)24-21-15(8-5-9-16(21)23)20-14-7-4-3-6-13(14)10-11-18(20)25/h3-12,24-25H,1-2H3/b17-12+. The summed E-state index contributed by atoms with van der Waals surface area (Å²) in [6, 6.07) is 16.5. The van der Waals surface area contributed by atoms with Gasteiger partial charge in [-0.3, -0.25) is 0 Å². The van der Waals surface area contributed by atoms with Gasteiger partial charge in [-0.15, -0.1) is 0 Å². The second kappa shape index (κ2) is 8.79. The van der Waals surface area contributed by atoms with E-state index in [2.05, 4.69) is 26.0 Å². The summed E-state index contributed by atoms with van der Waals surface area (Å²) in [5.41, 5.74) is 1.61. The van der Waals surface area contributed by atoms with Crippen molar-refractivity contribution in [1.82, 2.24) is 0 Å². The van der Waals surface area contributed by atoms with E-state index in [4.69, 9.17) is 4.74 Å². The zero-order chi connectivity index (χ0) is 21.0. The topological polar surface area (TPSA) is 84.9 Å². The van der Waals surface area contributed by atoms with Gasteiger partial charge >= 0.3 is 11.9 Å². The number of hydrogen-bond donors (Lipinski definition) is 2. The van der Waals surface area contributed by atoms with Crippen LogP contribution in [-0.2, 0) is 19.1 Å². The van der Waals surface area contributed by atoms with Crippen LogP contribution in [0.5, 0.6) is 5.75 Å². The van der Waals surface area contributed by atoms with Crippen LogP contribution in [0, 0.1) is 0 Å². The van der Waals surface area contributed by atoms with Crippen molar-refractivity contribution < 1.29 is 24.2 Å². The summed E-state index contributed by atoms with van der Waals surface area (Å²) < 4.78 is 10.0. The predicted molar refractivity (Wildman–Crippen MR) is 114 cm³/mol. The molecule has 0 heterocycles. The van der Waals surface area contributed by atoms with Crippen LogP contribution in [0.25, 0.3) is 21.9 Å².